The van der Waals surface area contributed by atoms with Gasteiger partial charge in [-0.3, -0.25) is 14.4 Å². The van der Waals surface area contributed by atoms with Crippen molar-refractivity contribution in [2.24, 2.45) is 5.92 Å². The van der Waals surface area contributed by atoms with Gasteiger partial charge in [0.25, 0.3) is 5.91 Å². The lowest BCUT2D eigenvalue weighted by Crippen LogP contribution is -2.49. The molecule has 2 aliphatic heterocycles. The fourth-order valence-corrected chi connectivity index (χ4v) is 2.02. The van der Waals surface area contributed by atoms with Gasteiger partial charge in [-0.2, -0.15) is 0 Å². The summed E-state index contributed by atoms with van der Waals surface area (Å²) in [5.74, 6) is 0.0220. The summed E-state index contributed by atoms with van der Waals surface area (Å²) in [4.78, 5) is 27.9. The maximum absolute atomic E-state index is 11.6. The fourth-order valence-electron chi connectivity index (χ4n) is 2.02. The van der Waals surface area contributed by atoms with E-state index >= 15 is 0 Å². The maximum atomic E-state index is 11.6. The van der Waals surface area contributed by atoms with Crippen molar-refractivity contribution in [1.82, 2.24) is 10.8 Å². The number of hydroxylamine groups is 1. The molecule has 2 atom stereocenters. The fraction of sp³-hybridized carbons (Fsp3) is 0.818. The van der Waals surface area contributed by atoms with Crippen molar-refractivity contribution < 1.29 is 19.2 Å². The van der Waals surface area contributed by atoms with Crippen LogP contribution in [0.15, 0.2) is 0 Å². The lowest BCUT2D eigenvalue weighted by molar-refractivity contribution is -0.140. The molecule has 2 heterocycles. The molecule has 0 spiro atoms. The Hall–Kier alpha value is -1.14. The van der Waals surface area contributed by atoms with E-state index in [2.05, 4.69) is 10.8 Å². The van der Waals surface area contributed by atoms with Gasteiger partial charge in [-0.1, -0.05) is 0 Å². The van der Waals surface area contributed by atoms with Crippen LogP contribution in [0.5, 0.6) is 0 Å². The predicted octanol–water partition coefficient (Wildman–Crippen LogP) is -0.261. The number of carbonyl (C=O) groups is 2. The molecule has 6 heteroatoms. The van der Waals surface area contributed by atoms with E-state index in [0.717, 1.165) is 19.4 Å². The highest BCUT2D eigenvalue weighted by Crippen LogP contribution is 2.12. The van der Waals surface area contributed by atoms with Crippen LogP contribution in [-0.4, -0.2) is 37.7 Å². The van der Waals surface area contributed by atoms with Crippen molar-refractivity contribution in [2.45, 2.75) is 31.7 Å². The average molecular weight is 242 g/mol. The molecule has 0 aliphatic carbocycles. The zero-order valence-electron chi connectivity index (χ0n) is 9.74. The van der Waals surface area contributed by atoms with Crippen molar-refractivity contribution in [3.05, 3.63) is 0 Å². The first-order valence-electron chi connectivity index (χ1n) is 6.04. The molecular weight excluding hydrogens is 224 g/mol. The number of piperidine rings is 1. The summed E-state index contributed by atoms with van der Waals surface area (Å²) in [6.07, 6.45) is 2.90. The summed E-state index contributed by atoms with van der Waals surface area (Å²) in [6.45, 7) is 1.92. The van der Waals surface area contributed by atoms with E-state index in [0.29, 0.717) is 32.0 Å². The highest BCUT2D eigenvalue weighted by Gasteiger charge is 2.25. The number of hydrogen-bond acceptors (Lipinski definition) is 4. The first-order chi connectivity index (χ1) is 8.25. The van der Waals surface area contributed by atoms with Crippen molar-refractivity contribution in [3.63, 3.8) is 0 Å². The zero-order chi connectivity index (χ0) is 12.1. The van der Waals surface area contributed by atoms with E-state index in [4.69, 9.17) is 9.57 Å². The summed E-state index contributed by atoms with van der Waals surface area (Å²) in [5.41, 5.74) is 2.39. The van der Waals surface area contributed by atoms with Crippen LogP contribution in [0.25, 0.3) is 0 Å². The standard InChI is InChI=1S/C11H18N2O4/c14-10-3-1-2-9(12-10)11(15)13-17-7-8-4-5-16-6-8/h8-9H,1-7H2,(H,12,14)(H,13,15)/t8?,9-/m1/s1. The molecule has 96 valence electrons. The molecule has 2 saturated heterocycles. The average Bonchev–Trinajstić information content (AvgIpc) is 2.82. The third-order valence-corrected chi connectivity index (χ3v) is 3.06. The second kappa shape index (κ2) is 5.97. The number of nitrogens with one attached hydrogen (secondary N) is 2. The molecular formula is C11H18N2O4. The van der Waals surface area contributed by atoms with Gasteiger partial charge in [0, 0.05) is 18.9 Å². The molecule has 0 aromatic carbocycles. The third-order valence-electron chi connectivity index (χ3n) is 3.06. The van der Waals surface area contributed by atoms with Crippen LogP contribution >= 0.6 is 0 Å². The van der Waals surface area contributed by atoms with E-state index < -0.39 is 6.04 Å². The largest absolute Gasteiger partial charge is 0.381 e. The van der Waals surface area contributed by atoms with Gasteiger partial charge in [0.2, 0.25) is 5.91 Å². The minimum absolute atomic E-state index is 0.0689. The Morgan fingerprint density at radius 1 is 1.53 bits per heavy atom. The number of amides is 2. The molecule has 0 saturated carbocycles. The van der Waals surface area contributed by atoms with E-state index in [9.17, 15) is 9.59 Å². The number of ether oxygens (including phenoxy) is 1. The van der Waals surface area contributed by atoms with E-state index in [1.165, 1.54) is 0 Å². The second-order valence-electron chi connectivity index (χ2n) is 4.52. The Kier molecular flexibility index (Phi) is 4.33. The number of hydrogen-bond donors (Lipinski definition) is 2. The van der Waals surface area contributed by atoms with Gasteiger partial charge >= 0.3 is 0 Å². The molecule has 1 unspecified atom stereocenters. The Bertz CT molecular complexity index is 289. The van der Waals surface area contributed by atoms with Crippen LogP contribution in [0.1, 0.15) is 25.7 Å². The molecule has 0 bridgehead atoms. The van der Waals surface area contributed by atoms with Gasteiger partial charge in [0.1, 0.15) is 6.04 Å². The third kappa shape index (κ3) is 3.67. The van der Waals surface area contributed by atoms with Gasteiger partial charge in [-0.05, 0) is 19.3 Å². The zero-order valence-corrected chi connectivity index (χ0v) is 9.74. The highest BCUT2D eigenvalue weighted by atomic mass is 16.7. The molecule has 6 nitrogen and oxygen atoms in total. The molecule has 2 N–H and O–H groups in total. The molecule has 0 radical (unpaired) electrons. The molecule has 2 rings (SSSR count). The van der Waals surface area contributed by atoms with Crippen LogP contribution in [0, 0.1) is 5.92 Å². The monoisotopic (exact) mass is 242 g/mol. The maximum Gasteiger partial charge on any atom is 0.266 e. The highest BCUT2D eigenvalue weighted by molar-refractivity contribution is 5.88. The lowest BCUT2D eigenvalue weighted by Gasteiger charge is -2.22. The Morgan fingerprint density at radius 2 is 2.41 bits per heavy atom. The Labute approximate surface area is 100.0 Å². The Morgan fingerprint density at radius 3 is 3.12 bits per heavy atom. The van der Waals surface area contributed by atoms with Crippen molar-refractivity contribution in [3.8, 4) is 0 Å². The van der Waals surface area contributed by atoms with Crippen LogP contribution in [0.3, 0.4) is 0 Å². The van der Waals surface area contributed by atoms with Gasteiger partial charge in [-0.15, -0.1) is 0 Å². The minimum atomic E-state index is -0.448. The summed E-state index contributed by atoms with van der Waals surface area (Å²) in [5, 5.41) is 2.64. The number of carbonyl (C=O) groups excluding carboxylic acids is 2. The first-order valence-corrected chi connectivity index (χ1v) is 6.04. The summed E-state index contributed by atoms with van der Waals surface area (Å²) >= 11 is 0. The van der Waals surface area contributed by atoms with Crippen molar-refractivity contribution >= 4 is 11.8 Å². The van der Waals surface area contributed by atoms with Crippen LogP contribution in [-0.2, 0) is 19.2 Å². The molecule has 2 aliphatic rings. The summed E-state index contributed by atoms with van der Waals surface area (Å²) in [6, 6.07) is -0.448. The van der Waals surface area contributed by atoms with E-state index in [1.54, 1.807) is 0 Å². The lowest BCUT2D eigenvalue weighted by atomic mass is 10.0. The molecule has 0 aromatic heterocycles. The summed E-state index contributed by atoms with van der Waals surface area (Å²) in [7, 11) is 0. The van der Waals surface area contributed by atoms with Gasteiger partial charge in [0.15, 0.2) is 0 Å². The predicted molar refractivity (Wildman–Crippen MR) is 58.8 cm³/mol. The van der Waals surface area contributed by atoms with Gasteiger partial charge in [-0.25, -0.2) is 5.48 Å². The molecule has 17 heavy (non-hydrogen) atoms. The van der Waals surface area contributed by atoms with E-state index in [1.807, 2.05) is 0 Å². The smallest absolute Gasteiger partial charge is 0.266 e. The van der Waals surface area contributed by atoms with Crippen LogP contribution in [0.2, 0.25) is 0 Å². The van der Waals surface area contributed by atoms with Crippen molar-refractivity contribution in [2.75, 3.05) is 19.8 Å². The topological polar surface area (TPSA) is 76.7 Å². The normalized spacial score (nSPS) is 28.8. The van der Waals surface area contributed by atoms with Crippen LogP contribution < -0.4 is 10.8 Å². The van der Waals surface area contributed by atoms with Crippen LogP contribution in [0.4, 0.5) is 0 Å². The number of rotatable bonds is 4. The second-order valence-corrected chi connectivity index (χ2v) is 4.52. The SMILES string of the molecule is O=C1CCC[C@H](C(=O)NOCC2CCOC2)N1. The quantitative estimate of drug-likeness (QED) is 0.666. The molecule has 0 aromatic rings. The Balaban J connectivity index is 1.64. The molecule has 2 amide bonds. The van der Waals surface area contributed by atoms with Crippen molar-refractivity contribution in [1.29, 1.82) is 0 Å². The summed E-state index contributed by atoms with van der Waals surface area (Å²) < 4.78 is 5.20. The van der Waals surface area contributed by atoms with Gasteiger partial charge in [0.05, 0.1) is 13.2 Å². The van der Waals surface area contributed by atoms with Gasteiger partial charge < -0.3 is 10.1 Å². The first kappa shape index (κ1) is 12.3. The van der Waals surface area contributed by atoms with E-state index in [-0.39, 0.29) is 11.8 Å². The minimum Gasteiger partial charge on any atom is -0.381 e. The molecule has 2 fully saturated rings.